The maximum absolute atomic E-state index is 12.2. The minimum atomic E-state index is -0.746. The van der Waals surface area contributed by atoms with Gasteiger partial charge in [0.1, 0.15) is 0 Å². The van der Waals surface area contributed by atoms with Gasteiger partial charge in [-0.25, -0.2) is 0 Å². The van der Waals surface area contributed by atoms with Crippen LogP contribution >= 0.6 is 11.8 Å². The van der Waals surface area contributed by atoms with Gasteiger partial charge >= 0.3 is 0 Å². The Morgan fingerprint density at radius 1 is 1.22 bits per heavy atom. The minimum Gasteiger partial charge on any atom is -0.454 e. The molecule has 6 heteroatoms. The molecule has 120 valence electrons. The molecule has 1 aliphatic rings. The number of aliphatic hydroxyl groups excluding tert-OH is 1. The number of hydrogen-bond donors (Lipinski definition) is 2. The van der Waals surface area contributed by atoms with Gasteiger partial charge in [-0.1, -0.05) is 12.1 Å². The fourth-order valence-corrected chi connectivity index (χ4v) is 2.68. The van der Waals surface area contributed by atoms with Crippen molar-refractivity contribution in [2.75, 3.05) is 19.6 Å². The number of ether oxygens (including phenoxy) is 2. The zero-order valence-corrected chi connectivity index (χ0v) is 13.4. The summed E-state index contributed by atoms with van der Waals surface area (Å²) >= 11 is 1.64. The molecule has 1 aliphatic heterocycles. The molecule has 0 aromatic heterocycles. The number of carbonyl (C=O) groups excluding carboxylic acids is 1. The number of amides is 1. The Hall–Kier alpha value is -2.18. The van der Waals surface area contributed by atoms with Gasteiger partial charge in [0, 0.05) is 17.0 Å². The van der Waals surface area contributed by atoms with E-state index in [1.807, 2.05) is 30.5 Å². The average molecular weight is 331 g/mol. The molecule has 0 spiro atoms. The Morgan fingerprint density at radius 2 is 1.96 bits per heavy atom. The monoisotopic (exact) mass is 331 g/mol. The average Bonchev–Trinajstić information content (AvgIpc) is 3.07. The summed E-state index contributed by atoms with van der Waals surface area (Å²) in [6.45, 7) is 0.317. The van der Waals surface area contributed by atoms with Crippen LogP contribution in [-0.2, 0) is 0 Å². The zero-order valence-electron chi connectivity index (χ0n) is 12.6. The van der Waals surface area contributed by atoms with E-state index in [4.69, 9.17) is 9.47 Å². The number of fused-ring (bicyclic) bond motifs is 1. The van der Waals surface area contributed by atoms with E-state index in [0.717, 1.165) is 10.5 Å². The van der Waals surface area contributed by atoms with Crippen molar-refractivity contribution in [1.29, 1.82) is 0 Å². The van der Waals surface area contributed by atoms with Crippen LogP contribution in [0.5, 0.6) is 11.5 Å². The summed E-state index contributed by atoms with van der Waals surface area (Å²) in [5, 5.41) is 12.9. The van der Waals surface area contributed by atoms with Gasteiger partial charge in [0.15, 0.2) is 11.5 Å². The van der Waals surface area contributed by atoms with Gasteiger partial charge < -0.3 is 19.9 Å². The van der Waals surface area contributed by atoms with Crippen molar-refractivity contribution >= 4 is 17.7 Å². The van der Waals surface area contributed by atoms with E-state index in [0.29, 0.717) is 17.1 Å². The predicted molar refractivity (Wildman–Crippen MR) is 88.1 cm³/mol. The highest BCUT2D eigenvalue weighted by Gasteiger charge is 2.17. The highest BCUT2D eigenvalue weighted by molar-refractivity contribution is 7.98. The maximum atomic E-state index is 12.2. The molecular weight excluding hydrogens is 314 g/mol. The Bertz CT molecular complexity index is 702. The van der Waals surface area contributed by atoms with Gasteiger partial charge in [0.25, 0.3) is 5.91 Å². The predicted octanol–water partition coefficient (Wildman–Crippen LogP) is 2.60. The molecule has 2 aromatic carbocycles. The highest BCUT2D eigenvalue weighted by atomic mass is 32.2. The first-order valence-corrected chi connectivity index (χ1v) is 8.39. The first-order chi connectivity index (χ1) is 11.2. The lowest BCUT2D eigenvalue weighted by Crippen LogP contribution is -2.28. The van der Waals surface area contributed by atoms with Crippen molar-refractivity contribution in [3.8, 4) is 11.5 Å². The topological polar surface area (TPSA) is 67.8 Å². The number of hydrogen-bond acceptors (Lipinski definition) is 5. The van der Waals surface area contributed by atoms with E-state index in [2.05, 4.69) is 5.32 Å². The molecule has 0 saturated carbocycles. The number of rotatable bonds is 5. The van der Waals surface area contributed by atoms with Gasteiger partial charge in [-0.05, 0) is 42.2 Å². The van der Waals surface area contributed by atoms with Crippen LogP contribution in [0.3, 0.4) is 0 Å². The molecule has 0 radical (unpaired) electrons. The van der Waals surface area contributed by atoms with Gasteiger partial charge in [-0.2, -0.15) is 0 Å². The number of benzene rings is 2. The van der Waals surface area contributed by atoms with E-state index in [-0.39, 0.29) is 19.2 Å². The number of aliphatic hydroxyl groups is 1. The number of thioether (sulfide) groups is 1. The summed E-state index contributed by atoms with van der Waals surface area (Å²) in [5.74, 6) is 0.935. The first kappa shape index (κ1) is 15.7. The van der Waals surface area contributed by atoms with Gasteiger partial charge in [0.2, 0.25) is 6.79 Å². The minimum absolute atomic E-state index is 0.145. The van der Waals surface area contributed by atoms with Crippen LogP contribution in [0.4, 0.5) is 0 Å². The third-order valence-electron chi connectivity index (χ3n) is 3.59. The van der Waals surface area contributed by atoms with Crippen LogP contribution < -0.4 is 14.8 Å². The molecule has 0 fully saturated rings. The van der Waals surface area contributed by atoms with Crippen LogP contribution in [-0.4, -0.2) is 30.6 Å². The molecule has 2 N–H and O–H groups in total. The number of carbonyl (C=O) groups is 1. The van der Waals surface area contributed by atoms with E-state index < -0.39 is 6.10 Å². The fraction of sp³-hybridized carbons (Fsp3) is 0.235. The highest BCUT2D eigenvalue weighted by Crippen LogP contribution is 2.32. The Balaban J connectivity index is 1.59. The largest absolute Gasteiger partial charge is 0.454 e. The standard InChI is InChI=1S/C17H17NO4S/c1-23-13-5-2-11(3-6-13)14(19)9-18-17(20)12-4-7-15-16(8-12)22-10-21-15/h2-8,14,19H,9-10H2,1H3,(H,18,20)/t14-/m1/s1. The molecule has 0 bridgehead atoms. The molecule has 1 amide bonds. The molecule has 1 heterocycles. The Kier molecular flexibility index (Phi) is 4.73. The second-order valence-corrected chi connectivity index (χ2v) is 5.95. The molecule has 3 rings (SSSR count). The quantitative estimate of drug-likeness (QED) is 0.824. The summed E-state index contributed by atoms with van der Waals surface area (Å²) < 4.78 is 10.5. The summed E-state index contributed by atoms with van der Waals surface area (Å²) in [4.78, 5) is 13.3. The SMILES string of the molecule is CSc1ccc([C@H](O)CNC(=O)c2ccc3c(c2)OCO3)cc1. The van der Waals surface area contributed by atoms with Crippen molar-refractivity contribution in [2.24, 2.45) is 0 Å². The lowest BCUT2D eigenvalue weighted by atomic mass is 10.1. The summed E-state index contributed by atoms with van der Waals surface area (Å²) in [6, 6.07) is 12.6. The van der Waals surface area contributed by atoms with Crippen LogP contribution in [0.25, 0.3) is 0 Å². The fourth-order valence-electron chi connectivity index (χ4n) is 2.27. The molecule has 0 saturated heterocycles. The molecule has 1 atom stereocenters. The van der Waals surface area contributed by atoms with Gasteiger partial charge in [-0.3, -0.25) is 4.79 Å². The summed E-state index contributed by atoms with van der Waals surface area (Å²) in [5.41, 5.74) is 1.24. The third kappa shape index (κ3) is 3.60. The normalized spacial score (nSPS) is 13.7. The Morgan fingerprint density at radius 3 is 2.70 bits per heavy atom. The summed E-state index contributed by atoms with van der Waals surface area (Å²) in [7, 11) is 0. The zero-order chi connectivity index (χ0) is 16.2. The molecule has 2 aromatic rings. The van der Waals surface area contributed by atoms with Crippen molar-refractivity contribution < 1.29 is 19.4 Å². The van der Waals surface area contributed by atoms with E-state index in [9.17, 15) is 9.90 Å². The van der Waals surface area contributed by atoms with Crippen LogP contribution in [0.2, 0.25) is 0 Å². The van der Waals surface area contributed by atoms with Crippen molar-refractivity contribution in [3.05, 3.63) is 53.6 Å². The molecular formula is C17H17NO4S. The maximum Gasteiger partial charge on any atom is 0.251 e. The van der Waals surface area contributed by atoms with Crippen molar-refractivity contribution in [2.45, 2.75) is 11.0 Å². The summed E-state index contributed by atoms with van der Waals surface area (Å²) in [6.07, 6.45) is 1.25. The van der Waals surface area contributed by atoms with E-state index in [1.165, 1.54) is 0 Å². The second kappa shape index (κ2) is 6.93. The van der Waals surface area contributed by atoms with E-state index in [1.54, 1.807) is 30.0 Å². The lowest BCUT2D eigenvalue weighted by Gasteiger charge is -2.13. The van der Waals surface area contributed by atoms with Crippen LogP contribution in [0.1, 0.15) is 22.0 Å². The molecule has 0 aliphatic carbocycles. The first-order valence-electron chi connectivity index (χ1n) is 7.17. The van der Waals surface area contributed by atoms with Crippen molar-refractivity contribution in [3.63, 3.8) is 0 Å². The van der Waals surface area contributed by atoms with Gasteiger partial charge in [0.05, 0.1) is 6.10 Å². The molecule has 23 heavy (non-hydrogen) atoms. The molecule has 0 unspecified atom stereocenters. The van der Waals surface area contributed by atoms with Crippen molar-refractivity contribution in [1.82, 2.24) is 5.32 Å². The third-order valence-corrected chi connectivity index (χ3v) is 4.33. The number of nitrogens with one attached hydrogen (secondary N) is 1. The van der Waals surface area contributed by atoms with Crippen LogP contribution in [0.15, 0.2) is 47.4 Å². The molecule has 5 nitrogen and oxygen atoms in total. The van der Waals surface area contributed by atoms with Gasteiger partial charge in [-0.15, -0.1) is 11.8 Å². The lowest BCUT2D eigenvalue weighted by molar-refractivity contribution is 0.0916. The second-order valence-electron chi connectivity index (χ2n) is 5.07. The smallest absolute Gasteiger partial charge is 0.251 e. The Labute approximate surface area is 138 Å². The van der Waals surface area contributed by atoms with Crippen LogP contribution in [0, 0.1) is 0 Å². The van der Waals surface area contributed by atoms with E-state index >= 15 is 0 Å².